The van der Waals surface area contributed by atoms with Crippen LogP contribution in [0.1, 0.15) is 5.76 Å². The van der Waals surface area contributed by atoms with E-state index in [1.807, 2.05) is 0 Å². The zero-order valence-corrected chi connectivity index (χ0v) is 4.42. The van der Waals surface area contributed by atoms with Crippen molar-refractivity contribution in [2.75, 3.05) is 0 Å². The Kier molecular flexibility index (Phi) is 1.47. The number of aromatic nitrogens is 1. The summed E-state index contributed by atoms with van der Waals surface area (Å²) in [7, 11) is 0. The SMILES string of the molecule is C=CCc1c[c]no1. The molecule has 1 aromatic rings. The lowest BCUT2D eigenvalue weighted by Crippen LogP contribution is -1.70. The van der Waals surface area contributed by atoms with Gasteiger partial charge in [0.15, 0.2) is 0 Å². The zero-order valence-electron chi connectivity index (χ0n) is 4.42. The highest BCUT2D eigenvalue weighted by atomic mass is 16.5. The highest BCUT2D eigenvalue weighted by Gasteiger charge is 1.89. The van der Waals surface area contributed by atoms with Crippen LogP contribution in [0.3, 0.4) is 0 Å². The molecule has 0 aliphatic carbocycles. The Morgan fingerprint density at radius 3 is 3.38 bits per heavy atom. The van der Waals surface area contributed by atoms with E-state index in [9.17, 15) is 0 Å². The minimum Gasteiger partial charge on any atom is -0.360 e. The first kappa shape index (κ1) is 5.09. The Hall–Kier alpha value is -1.05. The lowest BCUT2D eigenvalue weighted by atomic mass is 10.3. The second-order valence-electron chi connectivity index (χ2n) is 1.42. The van der Waals surface area contributed by atoms with Crippen molar-refractivity contribution in [2.24, 2.45) is 0 Å². The molecular weight excluding hydrogens is 102 g/mol. The third kappa shape index (κ3) is 0.964. The summed E-state index contributed by atoms with van der Waals surface area (Å²) in [6, 6.07) is 1.70. The molecule has 1 radical (unpaired) electrons. The van der Waals surface area contributed by atoms with Crippen LogP contribution in [-0.4, -0.2) is 5.16 Å². The minimum atomic E-state index is 0.733. The van der Waals surface area contributed by atoms with E-state index in [0.717, 1.165) is 12.2 Å². The summed E-state index contributed by atoms with van der Waals surface area (Å²) in [6.07, 6.45) is 5.04. The van der Waals surface area contributed by atoms with Gasteiger partial charge in [0.05, 0.1) is 0 Å². The molecule has 1 heterocycles. The van der Waals surface area contributed by atoms with E-state index >= 15 is 0 Å². The van der Waals surface area contributed by atoms with Crippen LogP contribution in [0.15, 0.2) is 23.2 Å². The Morgan fingerprint density at radius 2 is 2.88 bits per heavy atom. The Bertz CT molecular complexity index is 155. The second kappa shape index (κ2) is 2.31. The quantitative estimate of drug-likeness (QED) is 0.532. The van der Waals surface area contributed by atoms with Crippen molar-refractivity contribution >= 4 is 0 Å². The molecule has 0 saturated carbocycles. The highest BCUT2D eigenvalue weighted by Crippen LogP contribution is 1.95. The predicted molar refractivity (Wildman–Crippen MR) is 29.2 cm³/mol. The average molecular weight is 108 g/mol. The van der Waals surface area contributed by atoms with Crippen molar-refractivity contribution < 1.29 is 4.52 Å². The fourth-order valence-electron chi connectivity index (χ4n) is 0.448. The van der Waals surface area contributed by atoms with Crippen LogP contribution in [0.25, 0.3) is 0 Å². The van der Waals surface area contributed by atoms with Gasteiger partial charge in [0.2, 0.25) is 0 Å². The van der Waals surface area contributed by atoms with Gasteiger partial charge in [0.1, 0.15) is 12.0 Å². The highest BCUT2D eigenvalue weighted by molar-refractivity contribution is 4.96. The lowest BCUT2D eigenvalue weighted by Gasteiger charge is -1.79. The number of hydrogen-bond acceptors (Lipinski definition) is 2. The maximum atomic E-state index is 4.70. The topological polar surface area (TPSA) is 26.0 Å². The molecule has 41 valence electrons. The normalized spacial score (nSPS) is 9.00. The summed E-state index contributed by atoms with van der Waals surface area (Å²) in [4.78, 5) is 0. The molecule has 0 bridgehead atoms. The van der Waals surface area contributed by atoms with Crippen LogP contribution in [-0.2, 0) is 6.42 Å². The molecule has 8 heavy (non-hydrogen) atoms. The van der Waals surface area contributed by atoms with Gasteiger partial charge in [0.25, 0.3) is 0 Å². The summed E-state index contributed by atoms with van der Waals surface area (Å²) >= 11 is 0. The smallest absolute Gasteiger partial charge is 0.141 e. The second-order valence-corrected chi connectivity index (χ2v) is 1.42. The van der Waals surface area contributed by atoms with Gasteiger partial charge in [-0.25, -0.2) is 0 Å². The summed E-state index contributed by atoms with van der Waals surface area (Å²) < 4.78 is 4.70. The lowest BCUT2D eigenvalue weighted by molar-refractivity contribution is 0.389. The number of allylic oxidation sites excluding steroid dienone is 1. The predicted octanol–water partition coefficient (Wildman–Crippen LogP) is 1.20. The van der Waals surface area contributed by atoms with Crippen LogP contribution in [0.2, 0.25) is 0 Å². The van der Waals surface area contributed by atoms with Crippen LogP contribution in [0, 0.1) is 6.20 Å². The first-order chi connectivity index (χ1) is 3.93. The first-order valence-corrected chi connectivity index (χ1v) is 2.36. The maximum Gasteiger partial charge on any atom is 0.141 e. The third-order valence-corrected chi connectivity index (χ3v) is 0.787. The van der Waals surface area contributed by atoms with Gasteiger partial charge in [-0.3, -0.25) is 0 Å². The van der Waals surface area contributed by atoms with E-state index in [1.165, 1.54) is 0 Å². The molecule has 0 atom stereocenters. The molecule has 0 aliphatic rings. The molecule has 2 heteroatoms. The van der Waals surface area contributed by atoms with Crippen molar-refractivity contribution in [1.82, 2.24) is 5.16 Å². The number of nitrogens with zero attached hydrogens (tertiary/aromatic N) is 1. The number of hydrogen-bond donors (Lipinski definition) is 0. The Morgan fingerprint density at radius 1 is 2.00 bits per heavy atom. The van der Waals surface area contributed by atoms with Gasteiger partial charge in [-0.15, -0.1) is 6.58 Å². The van der Waals surface area contributed by atoms with Gasteiger partial charge in [-0.05, 0) is 0 Å². The first-order valence-electron chi connectivity index (χ1n) is 2.36. The molecule has 0 aliphatic heterocycles. The van der Waals surface area contributed by atoms with Crippen molar-refractivity contribution in [2.45, 2.75) is 6.42 Å². The van der Waals surface area contributed by atoms with Gasteiger partial charge < -0.3 is 4.52 Å². The van der Waals surface area contributed by atoms with Crippen molar-refractivity contribution in [3.05, 3.63) is 30.7 Å². The maximum absolute atomic E-state index is 4.70. The van der Waals surface area contributed by atoms with E-state index in [-0.39, 0.29) is 0 Å². The molecule has 0 spiro atoms. The summed E-state index contributed by atoms with van der Waals surface area (Å²) in [6.45, 7) is 3.53. The minimum absolute atomic E-state index is 0.733. The fraction of sp³-hybridized carbons (Fsp3) is 0.167. The van der Waals surface area contributed by atoms with Crippen molar-refractivity contribution in [1.29, 1.82) is 0 Å². The van der Waals surface area contributed by atoms with E-state index < -0.39 is 0 Å². The molecule has 0 unspecified atom stereocenters. The molecule has 0 amide bonds. The Labute approximate surface area is 47.8 Å². The van der Waals surface area contributed by atoms with E-state index in [2.05, 4.69) is 17.9 Å². The van der Waals surface area contributed by atoms with Crippen LogP contribution >= 0.6 is 0 Å². The molecule has 1 rings (SSSR count). The molecule has 0 N–H and O–H groups in total. The van der Waals surface area contributed by atoms with Crippen molar-refractivity contribution in [3.8, 4) is 0 Å². The molecule has 0 aromatic carbocycles. The van der Waals surface area contributed by atoms with E-state index in [4.69, 9.17) is 4.52 Å². The van der Waals surface area contributed by atoms with Crippen LogP contribution in [0.4, 0.5) is 0 Å². The molecule has 0 saturated heterocycles. The molecule has 1 aromatic heterocycles. The van der Waals surface area contributed by atoms with Gasteiger partial charge in [0, 0.05) is 12.5 Å². The Balaban J connectivity index is 2.62. The van der Waals surface area contributed by atoms with Crippen molar-refractivity contribution in [3.63, 3.8) is 0 Å². The largest absolute Gasteiger partial charge is 0.360 e. The number of rotatable bonds is 2. The van der Waals surface area contributed by atoms with Gasteiger partial charge in [-0.1, -0.05) is 11.2 Å². The van der Waals surface area contributed by atoms with Gasteiger partial charge >= 0.3 is 0 Å². The monoisotopic (exact) mass is 108 g/mol. The molecule has 0 fully saturated rings. The molecular formula is C6H6NO. The summed E-state index contributed by atoms with van der Waals surface area (Å²) in [5.74, 6) is 0.806. The average Bonchev–Trinajstić information content (AvgIpc) is 2.19. The standard InChI is InChI=1S/C6H6NO/c1-2-3-6-4-5-7-8-6/h2,4H,1,3H2. The summed E-state index contributed by atoms with van der Waals surface area (Å²) in [5.41, 5.74) is 0. The van der Waals surface area contributed by atoms with Gasteiger partial charge in [-0.2, -0.15) is 0 Å². The van der Waals surface area contributed by atoms with E-state index in [1.54, 1.807) is 12.1 Å². The van der Waals surface area contributed by atoms with E-state index in [0.29, 0.717) is 0 Å². The molecule has 2 nitrogen and oxygen atoms in total. The zero-order chi connectivity index (χ0) is 5.82. The fourth-order valence-corrected chi connectivity index (χ4v) is 0.448. The van der Waals surface area contributed by atoms with Crippen LogP contribution in [0.5, 0.6) is 0 Å². The summed E-state index contributed by atoms with van der Waals surface area (Å²) in [5, 5.41) is 3.39. The van der Waals surface area contributed by atoms with Crippen LogP contribution < -0.4 is 0 Å². The third-order valence-electron chi connectivity index (χ3n) is 0.787.